The van der Waals surface area contributed by atoms with Gasteiger partial charge in [-0.3, -0.25) is 9.69 Å². The Morgan fingerprint density at radius 3 is 2.30 bits per heavy atom. The number of rotatable bonds is 6. The Kier molecular flexibility index (Phi) is 6.99. The first kappa shape index (κ1) is 22.9. The molecule has 1 aliphatic heterocycles. The van der Waals surface area contributed by atoms with E-state index in [4.69, 9.17) is 4.74 Å². The number of hydrogen-bond acceptors (Lipinski definition) is 3. The van der Waals surface area contributed by atoms with Gasteiger partial charge in [0.05, 0.1) is 12.7 Å². The fourth-order valence-corrected chi connectivity index (χ4v) is 4.27. The monoisotopic (exact) mass is 454 g/mol. The van der Waals surface area contributed by atoms with Crippen LogP contribution in [0.1, 0.15) is 28.8 Å². The minimum atomic E-state index is -0.597. The van der Waals surface area contributed by atoms with Crippen molar-refractivity contribution in [1.82, 2.24) is 4.90 Å². The summed E-state index contributed by atoms with van der Waals surface area (Å²) >= 11 is 0. The summed E-state index contributed by atoms with van der Waals surface area (Å²) in [6.45, 7) is 1.65. The van der Waals surface area contributed by atoms with Crippen molar-refractivity contribution >= 4 is 11.6 Å². The van der Waals surface area contributed by atoms with Crippen LogP contribution < -0.4 is 9.64 Å². The zero-order valence-corrected chi connectivity index (χ0v) is 18.3. The van der Waals surface area contributed by atoms with Crippen LogP contribution in [0, 0.1) is 17.5 Å². The average molecular weight is 454 g/mol. The Labute approximate surface area is 191 Å². The largest absolute Gasteiger partial charge is 0.496 e. The molecule has 1 heterocycles. The second kappa shape index (κ2) is 10.1. The highest BCUT2D eigenvalue weighted by Crippen LogP contribution is 2.29. The van der Waals surface area contributed by atoms with Gasteiger partial charge in [-0.2, -0.15) is 0 Å². The minimum absolute atomic E-state index is 0.123. The number of piperidine rings is 1. The predicted octanol–water partition coefficient (Wildman–Crippen LogP) is 5.42. The van der Waals surface area contributed by atoms with Crippen LogP contribution in [-0.4, -0.2) is 37.0 Å². The molecule has 1 aliphatic rings. The second-order valence-corrected chi connectivity index (χ2v) is 8.09. The number of carbonyl (C=O) groups is 1. The maximum absolute atomic E-state index is 14.1. The van der Waals surface area contributed by atoms with Crippen molar-refractivity contribution in [1.29, 1.82) is 0 Å². The molecule has 0 aromatic heterocycles. The molecule has 0 bridgehead atoms. The van der Waals surface area contributed by atoms with Gasteiger partial charge < -0.3 is 9.64 Å². The first-order valence-corrected chi connectivity index (χ1v) is 10.8. The summed E-state index contributed by atoms with van der Waals surface area (Å²) in [7, 11) is 1.52. The molecule has 0 unspecified atom stereocenters. The number of ether oxygens (including phenoxy) is 1. The van der Waals surface area contributed by atoms with Crippen LogP contribution in [0.5, 0.6) is 5.75 Å². The summed E-state index contributed by atoms with van der Waals surface area (Å²) in [6.07, 6.45) is 1.31. The maximum atomic E-state index is 14.1. The average Bonchev–Trinajstić information content (AvgIpc) is 2.83. The summed E-state index contributed by atoms with van der Waals surface area (Å²) in [6, 6.07) is 16.4. The number of anilines is 1. The third kappa shape index (κ3) is 5.20. The molecule has 3 aromatic rings. The molecule has 1 saturated heterocycles. The zero-order chi connectivity index (χ0) is 23.4. The number of halogens is 3. The van der Waals surface area contributed by atoms with Gasteiger partial charge in [-0.25, -0.2) is 13.2 Å². The van der Waals surface area contributed by atoms with Crippen LogP contribution in [0.3, 0.4) is 0 Å². The maximum Gasteiger partial charge on any atom is 0.262 e. The van der Waals surface area contributed by atoms with E-state index in [1.54, 1.807) is 41.3 Å². The van der Waals surface area contributed by atoms with Crippen molar-refractivity contribution < 1.29 is 22.7 Å². The van der Waals surface area contributed by atoms with Crippen LogP contribution >= 0.6 is 0 Å². The number of amides is 1. The summed E-state index contributed by atoms with van der Waals surface area (Å²) in [5.41, 5.74) is 1.48. The van der Waals surface area contributed by atoms with Gasteiger partial charge in [0.2, 0.25) is 0 Å². The first-order chi connectivity index (χ1) is 16.0. The van der Waals surface area contributed by atoms with Gasteiger partial charge in [-0.15, -0.1) is 0 Å². The van der Waals surface area contributed by atoms with Crippen molar-refractivity contribution in [3.05, 3.63) is 95.3 Å². The minimum Gasteiger partial charge on any atom is -0.496 e. The summed E-state index contributed by atoms with van der Waals surface area (Å²) in [5, 5.41) is 0. The van der Waals surface area contributed by atoms with Crippen LogP contribution in [0.15, 0.2) is 66.7 Å². The Balaban J connectivity index is 1.54. The van der Waals surface area contributed by atoms with Crippen molar-refractivity contribution in [2.75, 3.05) is 25.1 Å². The lowest BCUT2D eigenvalue weighted by molar-refractivity contribution is 0.0955. The van der Waals surface area contributed by atoms with Crippen molar-refractivity contribution in [3.8, 4) is 5.75 Å². The van der Waals surface area contributed by atoms with Gasteiger partial charge in [0, 0.05) is 43.0 Å². The molecule has 1 amide bonds. The lowest BCUT2D eigenvalue weighted by Gasteiger charge is -2.39. The van der Waals surface area contributed by atoms with E-state index in [-0.39, 0.29) is 17.8 Å². The summed E-state index contributed by atoms with van der Waals surface area (Å²) in [5.74, 6) is -1.28. The summed E-state index contributed by atoms with van der Waals surface area (Å²) in [4.78, 5) is 17.4. The number of hydrogen-bond donors (Lipinski definition) is 0. The van der Waals surface area contributed by atoms with Gasteiger partial charge in [0.15, 0.2) is 0 Å². The Hall–Kier alpha value is -3.32. The van der Waals surface area contributed by atoms with Crippen molar-refractivity contribution in [2.45, 2.75) is 25.4 Å². The molecule has 1 fully saturated rings. The molecule has 4 nitrogen and oxygen atoms in total. The lowest BCUT2D eigenvalue weighted by atomic mass is 10.00. The molecular formula is C26H25F3N2O2. The Bertz CT molecular complexity index is 1110. The zero-order valence-electron chi connectivity index (χ0n) is 18.3. The van der Waals surface area contributed by atoms with Gasteiger partial charge in [-0.05, 0) is 55.3 Å². The van der Waals surface area contributed by atoms with E-state index < -0.39 is 11.6 Å². The van der Waals surface area contributed by atoms with Crippen molar-refractivity contribution in [3.63, 3.8) is 0 Å². The molecule has 0 saturated carbocycles. The smallest absolute Gasteiger partial charge is 0.262 e. The van der Waals surface area contributed by atoms with Gasteiger partial charge in [0.25, 0.3) is 5.91 Å². The van der Waals surface area contributed by atoms with Crippen molar-refractivity contribution in [2.24, 2.45) is 0 Å². The fourth-order valence-electron chi connectivity index (χ4n) is 4.27. The topological polar surface area (TPSA) is 32.8 Å². The number of likely N-dealkylation sites (tertiary alicyclic amines) is 1. The highest BCUT2D eigenvalue weighted by atomic mass is 19.1. The highest BCUT2D eigenvalue weighted by Gasteiger charge is 2.31. The predicted molar refractivity (Wildman–Crippen MR) is 121 cm³/mol. The van der Waals surface area contributed by atoms with E-state index in [1.807, 2.05) is 0 Å². The van der Waals surface area contributed by atoms with Crippen LogP contribution in [0.2, 0.25) is 0 Å². The van der Waals surface area contributed by atoms with E-state index >= 15 is 0 Å². The molecule has 7 heteroatoms. The van der Waals surface area contributed by atoms with Gasteiger partial charge in [-0.1, -0.05) is 18.2 Å². The Morgan fingerprint density at radius 1 is 0.970 bits per heavy atom. The lowest BCUT2D eigenvalue weighted by Crippen LogP contribution is -2.47. The fraction of sp³-hybridized carbons (Fsp3) is 0.269. The number of methoxy groups -OCH3 is 1. The second-order valence-electron chi connectivity index (χ2n) is 8.09. The quantitative estimate of drug-likeness (QED) is 0.498. The molecule has 172 valence electrons. The van der Waals surface area contributed by atoms with E-state index in [9.17, 15) is 18.0 Å². The molecule has 0 spiro atoms. The van der Waals surface area contributed by atoms with Crippen LogP contribution in [-0.2, 0) is 6.54 Å². The number of benzene rings is 3. The highest BCUT2D eigenvalue weighted by molar-refractivity contribution is 6.08. The molecule has 3 aromatic carbocycles. The molecule has 0 atom stereocenters. The number of nitrogens with zero attached hydrogens (tertiary/aromatic N) is 2. The van der Waals surface area contributed by atoms with Crippen LogP contribution in [0.4, 0.5) is 18.9 Å². The van der Waals surface area contributed by atoms with Gasteiger partial charge >= 0.3 is 0 Å². The summed E-state index contributed by atoms with van der Waals surface area (Å²) < 4.78 is 46.2. The Morgan fingerprint density at radius 2 is 1.64 bits per heavy atom. The number of carbonyl (C=O) groups excluding carboxylic acids is 1. The van der Waals surface area contributed by atoms with E-state index in [2.05, 4.69) is 4.90 Å². The van der Waals surface area contributed by atoms with Crippen LogP contribution in [0.25, 0.3) is 0 Å². The number of para-hydroxylation sites is 1. The third-order valence-corrected chi connectivity index (χ3v) is 5.99. The first-order valence-electron chi connectivity index (χ1n) is 10.8. The van der Waals surface area contributed by atoms with E-state index in [1.165, 1.54) is 31.4 Å². The molecule has 4 rings (SSSR count). The molecular weight excluding hydrogens is 429 g/mol. The molecule has 0 aliphatic carbocycles. The molecule has 33 heavy (non-hydrogen) atoms. The normalized spacial score (nSPS) is 14.8. The van der Waals surface area contributed by atoms with E-state index in [0.29, 0.717) is 55.0 Å². The van der Waals surface area contributed by atoms with E-state index in [0.717, 1.165) is 6.07 Å². The molecule has 0 N–H and O–H groups in total. The molecule has 0 radical (unpaired) electrons. The van der Waals surface area contributed by atoms with Gasteiger partial charge in [0.1, 0.15) is 23.2 Å². The third-order valence-electron chi connectivity index (χ3n) is 5.99. The SMILES string of the molecule is COc1ccccc1C(=O)N(c1ccc(F)cc1)C1CCN(Cc2ccc(F)cc2F)CC1. The standard InChI is InChI=1S/C26H25F3N2O2/c1-33-25-5-3-2-4-23(25)26(32)31(21-10-8-19(27)9-11-21)22-12-14-30(15-13-22)17-18-6-7-20(28)16-24(18)29/h2-11,16,22H,12-15,17H2,1H3.